The van der Waals surface area contributed by atoms with Gasteiger partial charge in [0.1, 0.15) is 18.3 Å². The fourth-order valence-electron chi connectivity index (χ4n) is 3.29. The Bertz CT molecular complexity index is 1090. The number of nitrogens with one attached hydrogen (secondary N) is 1. The van der Waals surface area contributed by atoms with Crippen molar-refractivity contribution in [2.24, 2.45) is 0 Å². The number of carbonyl (C=O) groups excluding carboxylic acids is 2. The zero-order valence-corrected chi connectivity index (χ0v) is 21.2. The van der Waals surface area contributed by atoms with Crippen molar-refractivity contribution in [3.63, 3.8) is 0 Å². The molecule has 1 atom stereocenters. The van der Waals surface area contributed by atoms with E-state index in [2.05, 4.69) is 5.32 Å². The molecule has 2 amide bonds. The second-order valence-corrected chi connectivity index (χ2v) is 10.0. The zero-order chi connectivity index (χ0) is 24.8. The Morgan fingerprint density at radius 1 is 1.12 bits per heavy atom. The molecule has 0 aliphatic heterocycles. The predicted molar refractivity (Wildman–Crippen MR) is 130 cm³/mol. The van der Waals surface area contributed by atoms with Crippen LogP contribution in [0.25, 0.3) is 0 Å². The number of halogens is 2. The van der Waals surface area contributed by atoms with Crippen LogP contribution in [0.5, 0.6) is 5.75 Å². The van der Waals surface area contributed by atoms with Crippen LogP contribution in [0.4, 0.5) is 5.69 Å². The van der Waals surface area contributed by atoms with Crippen molar-refractivity contribution < 1.29 is 22.7 Å². The summed E-state index contributed by atoms with van der Waals surface area (Å²) in [5.74, 6) is -0.261. The lowest BCUT2D eigenvalue weighted by molar-refractivity contribution is -0.140. The van der Waals surface area contributed by atoms with E-state index in [0.29, 0.717) is 17.2 Å². The number of rotatable bonds is 10. The Kier molecular flexibility index (Phi) is 9.39. The number of likely N-dealkylation sites (N-methyl/N-ethyl adjacent to an activating group) is 1. The minimum atomic E-state index is -3.88. The molecule has 1 unspecified atom stereocenters. The first kappa shape index (κ1) is 26.8. The number of carbonyl (C=O) groups is 2. The quantitative estimate of drug-likeness (QED) is 0.523. The number of sulfonamides is 1. The SMILES string of the molecule is CCC(C(=O)NC)N(Cc1ccc(OC)cc1)C(=O)CN(c1ccc(Cl)cc1Cl)S(C)(=O)=O. The molecule has 0 saturated carbocycles. The molecule has 2 aromatic carbocycles. The molecule has 2 aromatic rings. The van der Waals surface area contributed by atoms with Gasteiger partial charge in [-0.3, -0.25) is 13.9 Å². The first-order chi connectivity index (χ1) is 15.5. The summed E-state index contributed by atoms with van der Waals surface area (Å²) in [6.07, 6.45) is 1.32. The molecule has 11 heteroatoms. The molecule has 0 spiro atoms. The minimum absolute atomic E-state index is 0.0840. The lowest BCUT2D eigenvalue weighted by Crippen LogP contribution is -2.51. The summed E-state index contributed by atoms with van der Waals surface area (Å²) in [6, 6.07) is 10.6. The highest BCUT2D eigenvalue weighted by atomic mass is 35.5. The number of ether oxygens (including phenoxy) is 1. The Hall–Kier alpha value is -2.49. The topological polar surface area (TPSA) is 96.0 Å². The average molecular weight is 516 g/mol. The molecular weight excluding hydrogens is 489 g/mol. The van der Waals surface area contributed by atoms with Crippen LogP contribution in [0, 0.1) is 0 Å². The van der Waals surface area contributed by atoms with E-state index in [1.165, 1.54) is 30.1 Å². The van der Waals surface area contributed by atoms with E-state index in [9.17, 15) is 18.0 Å². The van der Waals surface area contributed by atoms with Crippen molar-refractivity contribution in [2.75, 3.05) is 31.3 Å². The molecule has 2 rings (SSSR count). The van der Waals surface area contributed by atoms with Crippen molar-refractivity contribution in [1.82, 2.24) is 10.2 Å². The minimum Gasteiger partial charge on any atom is -0.497 e. The van der Waals surface area contributed by atoms with E-state index in [-0.39, 0.29) is 23.2 Å². The van der Waals surface area contributed by atoms with Gasteiger partial charge in [-0.05, 0) is 42.3 Å². The monoisotopic (exact) mass is 515 g/mol. The third-order valence-electron chi connectivity index (χ3n) is 5.00. The third kappa shape index (κ3) is 6.99. The molecule has 180 valence electrons. The largest absolute Gasteiger partial charge is 0.497 e. The molecule has 8 nitrogen and oxygen atoms in total. The Labute approximate surface area is 204 Å². The summed E-state index contributed by atoms with van der Waals surface area (Å²) in [4.78, 5) is 27.3. The van der Waals surface area contributed by atoms with Crippen molar-refractivity contribution >= 4 is 50.7 Å². The summed E-state index contributed by atoms with van der Waals surface area (Å²) >= 11 is 12.2. The normalized spacial score (nSPS) is 12.1. The summed E-state index contributed by atoms with van der Waals surface area (Å²) in [5, 5.41) is 2.98. The highest BCUT2D eigenvalue weighted by molar-refractivity contribution is 7.92. The van der Waals surface area contributed by atoms with Gasteiger partial charge in [-0.25, -0.2) is 8.42 Å². The second-order valence-electron chi connectivity index (χ2n) is 7.27. The van der Waals surface area contributed by atoms with E-state index in [1.54, 1.807) is 38.3 Å². The molecular formula is C22H27Cl2N3O5S. The van der Waals surface area contributed by atoms with Gasteiger partial charge in [0.15, 0.2) is 0 Å². The molecule has 0 fully saturated rings. The fourth-order valence-corrected chi connectivity index (χ4v) is 4.71. The van der Waals surface area contributed by atoms with E-state index in [0.717, 1.165) is 16.1 Å². The highest BCUT2D eigenvalue weighted by Gasteiger charge is 2.31. The molecule has 0 aliphatic rings. The lowest BCUT2D eigenvalue weighted by atomic mass is 10.1. The number of methoxy groups -OCH3 is 1. The molecule has 0 bridgehead atoms. The maximum Gasteiger partial charge on any atom is 0.244 e. The van der Waals surface area contributed by atoms with Gasteiger partial charge in [0, 0.05) is 18.6 Å². The van der Waals surface area contributed by atoms with Crippen LogP contribution in [0.15, 0.2) is 42.5 Å². The van der Waals surface area contributed by atoms with Gasteiger partial charge in [-0.15, -0.1) is 0 Å². The van der Waals surface area contributed by atoms with E-state index in [4.69, 9.17) is 27.9 Å². The maximum atomic E-state index is 13.4. The molecule has 0 saturated heterocycles. The maximum absolute atomic E-state index is 13.4. The number of benzene rings is 2. The standard InChI is InChI=1S/C22H27Cl2N3O5S/c1-5-19(22(29)25-2)26(13-15-6-9-17(32-3)10-7-15)21(28)14-27(33(4,30)31)20-11-8-16(23)12-18(20)24/h6-12,19H,5,13-14H2,1-4H3,(H,25,29). The Morgan fingerprint density at radius 2 is 1.76 bits per heavy atom. The third-order valence-corrected chi connectivity index (χ3v) is 6.67. The highest BCUT2D eigenvalue weighted by Crippen LogP contribution is 2.30. The molecule has 1 N–H and O–H groups in total. The van der Waals surface area contributed by atoms with Crippen LogP contribution >= 0.6 is 23.2 Å². The van der Waals surface area contributed by atoms with Crippen LogP contribution in [0.3, 0.4) is 0 Å². The number of amides is 2. The van der Waals surface area contributed by atoms with Crippen LogP contribution in [0.2, 0.25) is 10.0 Å². The van der Waals surface area contributed by atoms with Crippen LogP contribution in [-0.4, -0.2) is 58.1 Å². The van der Waals surface area contributed by atoms with E-state index in [1.807, 2.05) is 0 Å². The molecule has 0 aliphatic carbocycles. The average Bonchev–Trinajstić information content (AvgIpc) is 2.77. The summed E-state index contributed by atoms with van der Waals surface area (Å²) in [7, 11) is -0.850. The Balaban J connectivity index is 2.44. The lowest BCUT2D eigenvalue weighted by Gasteiger charge is -2.32. The van der Waals surface area contributed by atoms with Crippen LogP contribution in [0.1, 0.15) is 18.9 Å². The van der Waals surface area contributed by atoms with Crippen LogP contribution < -0.4 is 14.4 Å². The number of hydrogen-bond acceptors (Lipinski definition) is 5. The number of nitrogens with zero attached hydrogens (tertiary/aromatic N) is 2. The first-order valence-electron chi connectivity index (χ1n) is 10.1. The van der Waals surface area contributed by atoms with Gasteiger partial charge < -0.3 is 15.0 Å². The zero-order valence-electron chi connectivity index (χ0n) is 18.8. The molecule has 0 aromatic heterocycles. The summed E-state index contributed by atoms with van der Waals surface area (Å²) < 4.78 is 31.2. The molecule has 0 radical (unpaired) electrons. The summed E-state index contributed by atoms with van der Waals surface area (Å²) in [5.41, 5.74) is 0.872. The first-order valence-corrected chi connectivity index (χ1v) is 12.7. The smallest absolute Gasteiger partial charge is 0.244 e. The second kappa shape index (κ2) is 11.6. The van der Waals surface area contributed by atoms with Gasteiger partial charge >= 0.3 is 0 Å². The fraction of sp³-hybridized carbons (Fsp3) is 0.364. The van der Waals surface area contributed by atoms with Crippen molar-refractivity contribution in [2.45, 2.75) is 25.9 Å². The van der Waals surface area contributed by atoms with E-state index >= 15 is 0 Å². The number of anilines is 1. The van der Waals surface area contributed by atoms with Gasteiger partial charge in [-0.1, -0.05) is 42.3 Å². The van der Waals surface area contributed by atoms with Crippen molar-refractivity contribution in [3.05, 3.63) is 58.1 Å². The van der Waals surface area contributed by atoms with Gasteiger partial charge in [-0.2, -0.15) is 0 Å². The van der Waals surface area contributed by atoms with Gasteiger partial charge in [0.2, 0.25) is 21.8 Å². The van der Waals surface area contributed by atoms with Gasteiger partial charge in [0.25, 0.3) is 0 Å². The van der Waals surface area contributed by atoms with E-state index < -0.39 is 28.5 Å². The summed E-state index contributed by atoms with van der Waals surface area (Å²) in [6.45, 7) is 1.34. The Morgan fingerprint density at radius 3 is 2.24 bits per heavy atom. The molecule has 33 heavy (non-hydrogen) atoms. The predicted octanol–water partition coefficient (Wildman–Crippen LogP) is 3.32. The van der Waals surface area contributed by atoms with Crippen molar-refractivity contribution in [3.8, 4) is 5.75 Å². The van der Waals surface area contributed by atoms with Gasteiger partial charge in [0.05, 0.1) is 24.1 Å². The van der Waals surface area contributed by atoms with Crippen molar-refractivity contribution in [1.29, 1.82) is 0 Å². The van der Waals surface area contributed by atoms with Crippen LogP contribution in [-0.2, 0) is 26.2 Å². The molecule has 0 heterocycles. The number of hydrogen-bond donors (Lipinski definition) is 1.